The Bertz CT molecular complexity index is 739. The fourth-order valence-corrected chi connectivity index (χ4v) is 2.24. The largest absolute Gasteiger partial charge is 0.462 e. The smallest absolute Gasteiger partial charge is 0.338 e. The van der Waals surface area contributed by atoms with E-state index in [1.807, 2.05) is 0 Å². The normalized spacial score (nSPS) is 12.1. The average molecular weight is 464 g/mol. The summed E-state index contributed by atoms with van der Waals surface area (Å²) in [6, 6.07) is 6.26. The molecule has 0 saturated heterocycles. The van der Waals surface area contributed by atoms with E-state index in [1.54, 1.807) is 31.2 Å². The van der Waals surface area contributed by atoms with E-state index in [9.17, 15) is 4.79 Å². The van der Waals surface area contributed by atoms with Gasteiger partial charge in [0.25, 0.3) is 0 Å². The Hall–Kier alpha value is -0.560. The van der Waals surface area contributed by atoms with Crippen molar-refractivity contribution in [3.8, 4) is 11.4 Å². The SMILES string of the molecule is CCOC(=O)c1ccc(-c2nc(C(Cl)(Cl)Cl)nc(C(Cl)(Cl)Cl)n2)cc1. The van der Waals surface area contributed by atoms with Crippen LogP contribution in [-0.4, -0.2) is 27.5 Å². The van der Waals surface area contributed by atoms with E-state index < -0.39 is 13.6 Å². The standard InChI is InChI=1S/C14H9Cl6N3O2/c1-2-25-10(24)8-5-3-7(4-6-8)9-21-11(13(15,16)17)23-12(22-9)14(18,19)20/h3-6H,2H2,1H3. The summed E-state index contributed by atoms with van der Waals surface area (Å²) >= 11 is 35.0. The number of aromatic nitrogens is 3. The quantitative estimate of drug-likeness (QED) is 0.452. The van der Waals surface area contributed by atoms with Crippen molar-refractivity contribution >= 4 is 75.6 Å². The van der Waals surface area contributed by atoms with Crippen LogP contribution in [0.4, 0.5) is 0 Å². The van der Waals surface area contributed by atoms with Gasteiger partial charge in [0.2, 0.25) is 7.59 Å². The summed E-state index contributed by atoms with van der Waals surface area (Å²) in [6.45, 7) is 1.99. The van der Waals surface area contributed by atoms with Gasteiger partial charge in [-0.25, -0.2) is 19.7 Å². The molecule has 0 fully saturated rings. The fraction of sp³-hybridized carbons (Fsp3) is 0.286. The third-order valence-electron chi connectivity index (χ3n) is 2.80. The van der Waals surface area contributed by atoms with E-state index in [1.165, 1.54) is 0 Å². The van der Waals surface area contributed by atoms with Crippen molar-refractivity contribution in [3.63, 3.8) is 0 Å². The lowest BCUT2D eigenvalue weighted by Crippen LogP contribution is -2.16. The van der Waals surface area contributed by atoms with Gasteiger partial charge in [-0.1, -0.05) is 81.7 Å². The Morgan fingerprint density at radius 3 is 1.80 bits per heavy atom. The molecule has 25 heavy (non-hydrogen) atoms. The van der Waals surface area contributed by atoms with Gasteiger partial charge >= 0.3 is 5.97 Å². The molecular formula is C14H9Cl6N3O2. The topological polar surface area (TPSA) is 65.0 Å². The first kappa shape index (κ1) is 20.7. The summed E-state index contributed by atoms with van der Waals surface area (Å²) in [5.74, 6) is -0.724. The molecule has 0 radical (unpaired) electrons. The van der Waals surface area contributed by atoms with Gasteiger partial charge in [0.1, 0.15) is 0 Å². The zero-order valence-corrected chi connectivity index (χ0v) is 17.0. The number of benzene rings is 1. The van der Waals surface area contributed by atoms with Crippen molar-refractivity contribution < 1.29 is 9.53 Å². The molecule has 0 aliphatic rings. The minimum Gasteiger partial charge on any atom is -0.462 e. The third-order valence-corrected chi connectivity index (χ3v) is 3.81. The Morgan fingerprint density at radius 2 is 1.40 bits per heavy atom. The maximum atomic E-state index is 11.7. The molecule has 5 nitrogen and oxygen atoms in total. The molecule has 0 aliphatic heterocycles. The Kier molecular flexibility index (Phi) is 6.63. The molecule has 1 aromatic heterocycles. The molecule has 11 heteroatoms. The first-order chi connectivity index (χ1) is 11.5. The van der Waals surface area contributed by atoms with Crippen molar-refractivity contribution in [2.45, 2.75) is 14.5 Å². The molecule has 0 N–H and O–H groups in total. The lowest BCUT2D eigenvalue weighted by atomic mass is 10.1. The van der Waals surface area contributed by atoms with Gasteiger partial charge in [-0.15, -0.1) is 0 Å². The van der Waals surface area contributed by atoms with Crippen molar-refractivity contribution in [1.82, 2.24) is 15.0 Å². The lowest BCUT2D eigenvalue weighted by molar-refractivity contribution is 0.0526. The molecule has 0 spiro atoms. The number of halogens is 6. The second-order valence-corrected chi connectivity index (χ2v) is 9.16. The molecular weight excluding hydrogens is 455 g/mol. The van der Waals surface area contributed by atoms with Gasteiger partial charge < -0.3 is 4.74 Å². The van der Waals surface area contributed by atoms with Gasteiger partial charge in [0.05, 0.1) is 12.2 Å². The van der Waals surface area contributed by atoms with Crippen molar-refractivity contribution in [3.05, 3.63) is 41.5 Å². The van der Waals surface area contributed by atoms with Crippen LogP contribution in [0, 0.1) is 0 Å². The Labute approximate surface area is 173 Å². The average Bonchev–Trinajstić information content (AvgIpc) is 2.53. The minimum absolute atomic E-state index is 0.119. The van der Waals surface area contributed by atoms with Crippen LogP contribution in [0.25, 0.3) is 11.4 Å². The minimum atomic E-state index is -1.94. The van der Waals surface area contributed by atoms with E-state index in [0.717, 1.165) is 0 Å². The summed E-state index contributed by atoms with van der Waals surface area (Å²) in [4.78, 5) is 23.8. The van der Waals surface area contributed by atoms with Crippen LogP contribution in [0.15, 0.2) is 24.3 Å². The summed E-state index contributed by atoms with van der Waals surface area (Å²) in [6.07, 6.45) is 0. The van der Waals surface area contributed by atoms with Crippen LogP contribution in [0.3, 0.4) is 0 Å². The molecule has 0 saturated carbocycles. The fourth-order valence-electron chi connectivity index (χ4n) is 1.73. The molecule has 134 valence electrons. The highest BCUT2D eigenvalue weighted by Gasteiger charge is 2.34. The molecule has 1 aromatic carbocycles. The highest BCUT2D eigenvalue weighted by molar-refractivity contribution is 6.67. The molecule has 0 aliphatic carbocycles. The highest BCUT2D eigenvalue weighted by Crippen LogP contribution is 2.40. The number of esters is 1. The Morgan fingerprint density at radius 1 is 0.920 bits per heavy atom. The molecule has 2 rings (SSSR count). The second kappa shape index (κ2) is 7.99. The number of alkyl halides is 6. The van der Waals surface area contributed by atoms with E-state index >= 15 is 0 Å². The van der Waals surface area contributed by atoms with Gasteiger partial charge in [0.15, 0.2) is 17.5 Å². The van der Waals surface area contributed by atoms with Crippen molar-refractivity contribution in [2.24, 2.45) is 0 Å². The number of ether oxygens (including phenoxy) is 1. The van der Waals surface area contributed by atoms with Crippen LogP contribution < -0.4 is 0 Å². The van der Waals surface area contributed by atoms with Crippen LogP contribution >= 0.6 is 69.6 Å². The molecule has 0 bridgehead atoms. The number of hydrogen-bond acceptors (Lipinski definition) is 5. The van der Waals surface area contributed by atoms with Gasteiger partial charge in [-0.2, -0.15) is 0 Å². The number of carbonyl (C=O) groups is 1. The van der Waals surface area contributed by atoms with Gasteiger partial charge in [0, 0.05) is 5.56 Å². The molecule has 2 aromatic rings. The van der Waals surface area contributed by atoms with Gasteiger partial charge in [-0.05, 0) is 19.1 Å². The summed E-state index contributed by atoms with van der Waals surface area (Å²) < 4.78 is 1.04. The number of carbonyl (C=O) groups excluding carboxylic acids is 1. The molecule has 0 amide bonds. The predicted octanol–water partition coefficient (Wildman–Crippen LogP) is 5.37. The highest BCUT2D eigenvalue weighted by atomic mass is 35.6. The van der Waals surface area contributed by atoms with E-state index in [4.69, 9.17) is 74.3 Å². The van der Waals surface area contributed by atoms with Crippen LogP contribution in [0.1, 0.15) is 28.9 Å². The summed E-state index contributed by atoms with van der Waals surface area (Å²) in [5.41, 5.74) is 0.865. The maximum absolute atomic E-state index is 11.7. The summed E-state index contributed by atoms with van der Waals surface area (Å²) in [7, 11) is 0. The molecule has 0 unspecified atom stereocenters. The number of nitrogens with zero attached hydrogens (tertiary/aromatic N) is 3. The maximum Gasteiger partial charge on any atom is 0.338 e. The van der Waals surface area contributed by atoms with Gasteiger partial charge in [-0.3, -0.25) is 0 Å². The molecule has 1 heterocycles. The second-order valence-electron chi connectivity index (χ2n) is 4.60. The van der Waals surface area contributed by atoms with Crippen molar-refractivity contribution in [2.75, 3.05) is 6.61 Å². The third kappa shape index (κ3) is 5.46. The zero-order chi connectivity index (χ0) is 18.8. The van der Waals surface area contributed by atoms with Crippen LogP contribution in [-0.2, 0) is 12.3 Å². The number of rotatable bonds is 3. The number of hydrogen-bond donors (Lipinski definition) is 0. The Balaban J connectivity index is 2.49. The van der Waals surface area contributed by atoms with Crippen LogP contribution in [0.2, 0.25) is 0 Å². The first-order valence-electron chi connectivity index (χ1n) is 6.70. The monoisotopic (exact) mass is 461 g/mol. The summed E-state index contributed by atoms with van der Waals surface area (Å²) in [5, 5.41) is 0. The van der Waals surface area contributed by atoms with Crippen LogP contribution in [0.5, 0.6) is 0 Å². The first-order valence-corrected chi connectivity index (χ1v) is 8.97. The predicted molar refractivity (Wildman–Crippen MR) is 99.7 cm³/mol. The van der Waals surface area contributed by atoms with E-state index in [0.29, 0.717) is 11.1 Å². The van der Waals surface area contributed by atoms with E-state index in [-0.39, 0.29) is 24.1 Å². The van der Waals surface area contributed by atoms with Crippen molar-refractivity contribution in [1.29, 1.82) is 0 Å². The van der Waals surface area contributed by atoms with E-state index in [2.05, 4.69) is 15.0 Å². The zero-order valence-electron chi connectivity index (χ0n) is 12.4. The lowest BCUT2D eigenvalue weighted by Gasteiger charge is -2.15. The molecule has 0 atom stereocenters.